The van der Waals surface area contributed by atoms with Crippen LogP contribution < -0.4 is 0 Å². The molecule has 25 heavy (non-hydrogen) atoms. The summed E-state index contributed by atoms with van der Waals surface area (Å²) in [7, 11) is 0. The smallest absolute Gasteiger partial charge is 0.331 e. The lowest BCUT2D eigenvalue weighted by Crippen LogP contribution is -2.45. The quantitative estimate of drug-likeness (QED) is 0.511. The second-order valence-corrected chi connectivity index (χ2v) is 8.10. The van der Waals surface area contributed by atoms with E-state index < -0.39 is 11.9 Å². The van der Waals surface area contributed by atoms with E-state index in [0.717, 1.165) is 62.5 Å². The molecule has 0 aromatic carbocycles. The molecule has 1 atom stereocenters. The van der Waals surface area contributed by atoms with E-state index in [1.165, 1.54) is 32.1 Å². The van der Waals surface area contributed by atoms with Crippen LogP contribution in [0.25, 0.3) is 0 Å². The van der Waals surface area contributed by atoms with Gasteiger partial charge in [0.05, 0.1) is 0 Å². The standard InChI is InChI=1S/C21H34O4/c1-3-7-16(2)17-8-10-18(11-9-17)21(14-5-4-6-15-21)25-20(24)13-12-19(22)23/h12-13,16-18H,3-11,14-15H2,1-2H3,(H,22,23)/b13-12+. The predicted octanol–water partition coefficient (Wildman–Crippen LogP) is 5.12. The maximum Gasteiger partial charge on any atom is 0.331 e. The fraction of sp³-hybridized carbons (Fsp3) is 0.810. The molecule has 0 saturated heterocycles. The Bertz CT molecular complexity index is 468. The Hall–Kier alpha value is -1.32. The van der Waals surface area contributed by atoms with Gasteiger partial charge in [-0.15, -0.1) is 0 Å². The highest BCUT2D eigenvalue weighted by atomic mass is 16.6. The predicted molar refractivity (Wildman–Crippen MR) is 98.2 cm³/mol. The zero-order valence-electron chi connectivity index (χ0n) is 15.8. The number of hydrogen-bond donors (Lipinski definition) is 1. The molecule has 0 aromatic heterocycles. The monoisotopic (exact) mass is 350 g/mol. The van der Waals surface area contributed by atoms with E-state index in [1.807, 2.05) is 0 Å². The number of ether oxygens (including phenoxy) is 1. The van der Waals surface area contributed by atoms with Gasteiger partial charge in [-0.2, -0.15) is 0 Å². The number of carbonyl (C=O) groups is 2. The fourth-order valence-electron chi connectivity index (χ4n) is 5.02. The molecule has 4 heteroatoms. The van der Waals surface area contributed by atoms with Crippen molar-refractivity contribution in [3.05, 3.63) is 12.2 Å². The van der Waals surface area contributed by atoms with Crippen molar-refractivity contribution in [2.75, 3.05) is 0 Å². The second kappa shape index (κ2) is 9.40. The van der Waals surface area contributed by atoms with Crippen LogP contribution in [0.5, 0.6) is 0 Å². The summed E-state index contributed by atoms with van der Waals surface area (Å²) in [6, 6.07) is 0. The van der Waals surface area contributed by atoms with E-state index in [1.54, 1.807) is 0 Å². The number of esters is 1. The molecule has 2 aliphatic rings. The van der Waals surface area contributed by atoms with Gasteiger partial charge in [-0.3, -0.25) is 0 Å². The van der Waals surface area contributed by atoms with Crippen molar-refractivity contribution >= 4 is 11.9 Å². The van der Waals surface area contributed by atoms with E-state index in [2.05, 4.69) is 13.8 Å². The van der Waals surface area contributed by atoms with Crippen LogP contribution >= 0.6 is 0 Å². The third kappa shape index (κ3) is 5.58. The van der Waals surface area contributed by atoms with Gasteiger partial charge in [0.1, 0.15) is 5.60 Å². The summed E-state index contributed by atoms with van der Waals surface area (Å²) >= 11 is 0. The van der Waals surface area contributed by atoms with E-state index in [9.17, 15) is 9.59 Å². The molecule has 0 aliphatic heterocycles. The van der Waals surface area contributed by atoms with Crippen LogP contribution in [0.2, 0.25) is 0 Å². The first-order chi connectivity index (χ1) is 12.0. The van der Waals surface area contributed by atoms with Gasteiger partial charge in [-0.25, -0.2) is 9.59 Å². The van der Waals surface area contributed by atoms with Crippen molar-refractivity contribution in [2.45, 2.75) is 90.1 Å². The Morgan fingerprint density at radius 1 is 1.12 bits per heavy atom. The molecule has 1 unspecified atom stereocenters. The minimum atomic E-state index is -1.11. The highest BCUT2D eigenvalue weighted by Gasteiger charge is 2.44. The first-order valence-electron chi connectivity index (χ1n) is 10.1. The lowest BCUT2D eigenvalue weighted by molar-refractivity contribution is -0.168. The third-order valence-electron chi connectivity index (χ3n) is 6.43. The molecule has 0 spiro atoms. The second-order valence-electron chi connectivity index (χ2n) is 8.10. The minimum absolute atomic E-state index is 0.364. The lowest BCUT2D eigenvalue weighted by atomic mass is 9.66. The molecule has 2 saturated carbocycles. The van der Waals surface area contributed by atoms with Crippen molar-refractivity contribution in [1.29, 1.82) is 0 Å². The molecule has 0 amide bonds. The van der Waals surface area contributed by atoms with Gasteiger partial charge in [-0.1, -0.05) is 33.1 Å². The van der Waals surface area contributed by atoms with Gasteiger partial charge in [0, 0.05) is 12.2 Å². The summed E-state index contributed by atoms with van der Waals surface area (Å²) in [6.45, 7) is 4.63. The number of carboxylic acids is 1. The van der Waals surface area contributed by atoms with Crippen LogP contribution in [0.15, 0.2) is 12.2 Å². The summed E-state index contributed by atoms with van der Waals surface area (Å²) in [5.41, 5.74) is -0.364. The number of rotatable bonds is 7. The van der Waals surface area contributed by atoms with Gasteiger partial charge in [0.2, 0.25) is 0 Å². The van der Waals surface area contributed by atoms with Crippen LogP contribution in [0, 0.1) is 17.8 Å². The first kappa shape index (κ1) is 20.0. The Kier molecular flexibility index (Phi) is 7.52. The summed E-state index contributed by atoms with van der Waals surface area (Å²) in [5.74, 6) is 0.416. The number of carboxylic acid groups (broad SMARTS) is 1. The molecule has 1 N–H and O–H groups in total. The zero-order chi connectivity index (χ0) is 18.3. The highest BCUT2D eigenvalue weighted by Crippen LogP contribution is 2.46. The van der Waals surface area contributed by atoms with Crippen LogP contribution in [0.3, 0.4) is 0 Å². The van der Waals surface area contributed by atoms with Crippen molar-refractivity contribution < 1.29 is 19.4 Å². The summed E-state index contributed by atoms with van der Waals surface area (Å²) in [5, 5.41) is 8.71. The van der Waals surface area contributed by atoms with E-state index in [4.69, 9.17) is 9.84 Å². The van der Waals surface area contributed by atoms with Crippen molar-refractivity contribution in [1.82, 2.24) is 0 Å². The Balaban J connectivity index is 2.00. The van der Waals surface area contributed by atoms with E-state index >= 15 is 0 Å². The molecule has 2 aliphatic carbocycles. The summed E-state index contributed by atoms with van der Waals surface area (Å²) in [6.07, 6.45) is 14.5. The lowest BCUT2D eigenvalue weighted by Gasteiger charge is -2.46. The number of hydrogen-bond acceptors (Lipinski definition) is 3. The third-order valence-corrected chi connectivity index (χ3v) is 6.43. The molecule has 2 rings (SSSR count). The van der Waals surface area contributed by atoms with Gasteiger partial charge >= 0.3 is 11.9 Å². The average molecular weight is 350 g/mol. The SMILES string of the molecule is CCCC(C)C1CCC(C2(OC(=O)/C=C/C(=O)O)CCCCC2)CC1. The zero-order valence-corrected chi connectivity index (χ0v) is 15.8. The molecule has 0 aromatic rings. The van der Waals surface area contributed by atoms with Crippen LogP contribution in [-0.2, 0) is 14.3 Å². The summed E-state index contributed by atoms with van der Waals surface area (Å²) < 4.78 is 5.92. The normalized spacial score (nSPS) is 27.8. The van der Waals surface area contributed by atoms with E-state index in [-0.39, 0.29) is 5.60 Å². The largest absolute Gasteiger partial charge is 0.478 e. The molecular weight excluding hydrogens is 316 g/mol. The molecule has 0 radical (unpaired) electrons. The molecule has 142 valence electrons. The highest BCUT2D eigenvalue weighted by molar-refractivity contribution is 5.90. The summed E-state index contributed by atoms with van der Waals surface area (Å²) in [4.78, 5) is 22.8. The molecule has 0 heterocycles. The Labute approximate surface area is 152 Å². The molecule has 0 bridgehead atoms. The molecule has 4 nitrogen and oxygen atoms in total. The number of carbonyl (C=O) groups excluding carboxylic acids is 1. The Morgan fingerprint density at radius 2 is 1.76 bits per heavy atom. The van der Waals surface area contributed by atoms with Crippen LogP contribution in [0.1, 0.15) is 84.5 Å². The van der Waals surface area contributed by atoms with Gasteiger partial charge in [0.15, 0.2) is 0 Å². The maximum atomic E-state index is 12.1. The van der Waals surface area contributed by atoms with Gasteiger partial charge < -0.3 is 9.84 Å². The topological polar surface area (TPSA) is 63.6 Å². The van der Waals surface area contributed by atoms with Crippen molar-refractivity contribution in [3.8, 4) is 0 Å². The maximum absolute atomic E-state index is 12.1. The average Bonchev–Trinajstić information content (AvgIpc) is 2.61. The van der Waals surface area contributed by atoms with E-state index in [0.29, 0.717) is 5.92 Å². The molecule has 2 fully saturated rings. The number of aliphatic carboxylic acids is 1. The van der Waals surface area contributed by atoms with Gasteiger partial charge in [0.25, 0.3) is 0 Å². The Morgan fingerprint density at radius 3 is 2.32 bits per heavy atom. The van der Waals surface area contributed by atoms with Gasteiger partial charge in [-0.05, 0) is 69.1 Å². The first-order valence-corrected chi connectivity index (χ1v) is 10.1. The van der Waals surface area contributed by atoms with Crippen LogP contribution in [-0.4, -0.2) is 22.6 Å². The minimum Gasteiger partial charge on any atom is -0.478 e. The van der Waals surface area contributed by atoms with Crippen molar-refractivity contribution in [3.63, 3.8) is 0 Å². The van der Waals surface area contributed by atoms with Crippen molar-refractivity contribution in [2.24, 2.45) is 17.8 Å². The fourth-order valence-corrected chi connectivity index (χ4v) is 5.02. The van der Waals surface area contributed by atoms with Crippen LogP contribution in [0.4, 0.5) is 0 Å². The molecular formula is C21H34O4.